The molecular weight excluding hydrogens is 1020 g/mol. The van der Waals surface area contributed by atoms with Crippen LogP contribution in [-0.2, 0) is 28.6 Å². The highest BCUT2D eigenvalue weighted by Gasteiger charge is 2.19. The van der Waals surface area contributed by atoms with E-state index >= 15 is 0 Å². The van der Waals surface area contributed by atoms with Crippen LogP contribution in [0.5, 0.6) is 0 Å². The smallest absolute Gasteiger partial charge is 0.306 e. The Kier molecular flexibility index (Phi) is 69.1. The standard InChI is InChI=1S/C77H140O6/c1-4-7-10-13-16-19-22-25-28-30-32-34-36-37-38-39-41-42-44-46-49-52-55-58-61-64-67-70-76(79)82-73-74(72-81-75(78)69-66-63-60-57-54-51-48-27-24-21-18-15-12-9-6-3)83-77(80)71-68-65-62-59-56-53-50-47-45-43-40-35-33-31-29-26-23-20-17-14-11-8-5-2/h18,21,23,26-27,31,33,40,43,48,74H,4-17,19-20,22,24-25,28-30,32,34-39,41-42,44-47,49-73H2,1-3H3/b21-18-,26-23-,33-31-,43-40-,48-27-. The summed E-state index contributed by atoms with van der Waals surface area (Å²) in [6.07, 6.45) is 92.6. The van der Waals surface area contributed by atoms with Gasteiger partial charge >= 0.3 is 17.9 Å². The normalized spacial score (nSPS) is 12.4. The molecule has 0 aliphatic rings. The van der Waals surface area contributed by atoms with Gasteiger partial charge in [-0.15, -0.1) is 0 Å². The molecule has 0 aromatic carbocycles. The van der Waals surface area contributed by atoms with Gasteiger partial charge in [-0.1, -0.05) is 345 Å². The molecule has 0 spiro atoms. The molecule has 83 heavy (non-hydrogen) atoms. The second kappa shape index (κ2) is 71.6. The molecule has 0 aromatic rings. The molecule has 0 fully saturated rings. The minimum absolute atomic E-state index is 0.0783. The minimum Gasteiger partial charge on any atom is -0.462 e. The van der Waals surface area contributed by atoms with Gasteiger partial charge in [-0.05, 0) is 89.9 Å². The molecule has 0 N–H and O–H groups in total. The predicted octanol–water partition coefficient (Wildman–Crippen LogP) is 25.5. The third-order valence-electron chi connectivity index (χ3n) is 16.5. The van der Waals surface area contributed by atoms with E-state index in [0.717, 1.165) is 96.3 Å². The highest BCUT2D eigenvalue weighted by molar-refractivity contribution is 5.71. The van der Waals surface area contributed by atoms with Gasteiger partial charge in [-0.25, -0.2) is 0 Å². The summed E-state index contributed by atoms with van der Waals surface area (Å²) < 4.78 is 17.0. The lowest BCUT2D eigenvalue weighted by Gasteiger charge is -2.18. The maximum absolute atomic E-state index is 13.0. The van der Waals surface area contributed by atoms with Crippen molar-refractivity contribution in [2.45, 2.75) is 399 Å². The van der Waals surface area contributed by atoms with E-state index in [1.54, 1.807) is 0 Å². The molecule has 6 heteroatoms. The summed E-state index contributed by atoms with van der Waals surface area (Å²) in [6, 6.07) is 0. The van der Waals surface area contributed by atoms with E-state index in [0.29, 0.717) is 19.3 Å². The van der Waals surface area contributed by atoms with Gasteiger partial charge in [0, 0.05) is 19.3 Å². The first-order chi connectivity index (χ1) is 41.0. The first-order valence-electron chi connectivity index (χ1n) is 36.8. The third-order valence-corrected chi connectivity index (χ3v) is 16.5. The van der Waals surface area contributed by atoms with E-state index in [-0.39, 0.29) is 31.1 Å². The molecule has 0 aliphatic carbocycles. The molecule has 0 rings (SSSR count). The number of carbonyl (C=O) groups excluding carboxylic acids is 3. The second-order valence-electron chi connectivity index (χ2n) is 24.9. The van der Waals surface area contributed by atoms with Gasteiger partial charge in [0.05, 0.1) is 0 Å². The monoisotopic (exact) mass is 1160 g/mol. The van der Waals surface area contributed by atoms with E-state index in [2.05, 4.69) is 81.5 Å². The molecule has 1 unspecified atom stereocenters. The summed E-state index contributed by atoms with van der Waals surface area (Å²) in [5.41, 5.74) is 0. The Hall–Kier alpha value is -2.89. The summed E-state index contributed by atoms with van der Waals surface area (Å²) >= 11 is 0. The Morgan fingerprint density at radius 2 is 0.434 bits per heavy atom. The molecule has 0 aliphatic heterocycles. The number of ether oxygens (including phenoxy) is 3. The Balaban J connectivity index is 4.28. The zero-order chi connectivity index (χ0) is 59.9. The predicted molar refractivity (Wildman–Crippen MR) is 362 cm³/mol. The molecule has 0 aromatic heterocycles. The van der Waals surface area contributed by atoms with Crippen molar-refractivity contribution >= 4 is 17.9 Å². The van der Waals surface area contributed by atoms with Crippen molar-refractivity contribution in [3.8, 4) is 0 Å². The topological polar surface area (TPSA) is 78.9 Å². The molecule has 484 valence electrons. The number of hydrogen-bond donors (Lipinski definition) is 0. The van der Waals surface area contributed by atoms with Crippen LogP contribution in [-0.4, -0.2) is 37.2 Å². The summed E-state index contributed by atoms with van der Waals surface area (Å²) in [4.78, 5) is 38.5. The van der Waals surface area contributed by atoms with Gasteiger partial charge in [-0.3, -0.25) is 14.4 Å². The molecule has 0 bridgehead atoms. The van der Waals surface area contributed by atoms with E-state index in [4.69, 9.17) is 14.2 Å². The zero-order valence-electron chi connectivity index (χ0n) is 55.7. The van der Waals surface area contributed by atoms with Crippen LogP contribution in [0.4, 0.5) is 0 Å². The van der Waals surface area contributed by atoms with Crippen LogP contribution in [0.25, 0.3) is 0 Å². The summed E-state index contributed by atoms with van der Waals surface area (Å²) in [5.74, 6) is -0.875. The van der Waals surface area contributed by atoms with Crippen LogP contribution in [0.2, 0.25) is 0 Å². The fraction of sp³-hybridized carbons (Fsp3) is 0.831. The molecular formula is C77H140O6. The number of esters is 3. The number of unbranched alkanes of at least 4 members (excludes halogenated alkanes) is 47. The maximum atomic E-state index is 13.0. The van der Waals surface area contributed by atoms with Crippen LogP contribution in [0.3, 0.4) is 0 Å². The van der Waals surface area contributed by atoms with Gasteiger partial charge in [0.25, 0.3) is 0 Å². The van der Waals surface area contributed by atoms with Crippen LogP contribution < -0.4 is 0 Å². The minimum atomic E-state index is -0.785. The van der Waals surface area contributed by atoms with E-state index < -0.39 is 6.10 Å². The van der Waals surface area contributed by atoms with E-state index in [1.807, 2.05) is 0 Å². The fourth-order valence-electron chi connectivity index (χ4n) is 11.0. The average Bonchev–Trinajstić information content (AvgIpc) is 3.49. The maximum Gasteiger partial charge on any atom is 0.306 e. The second-order valence-corrected chi connectivity index (χ2v) is 24.9. The summed E-state index contributed by atoms with van der Waals surface area (Å²) in [7, 11) is 0. The first-order valence-corrected chi connectivity index (χ1v) is 36.8. The first kappa shape index (κ1) is 80.1. The van der Waals surface area contributed by atoms with Gasteiger partial charge < -0.3 is 14.2 Å². The molecule has 0 saturated carbocycles. The van der Waals surface area contributed by atoms with Crippen molar-refractivity contribution in [3.05, 3.63) is 60.8 Å². The molecule has 0 heterocycles. The Bertz CT molecular complexity index is 1470. The zero-order valence-corrected chi connectivity index (χ0v) is 55.7. The molecule has 0 radical (unpaired) electrons. The highest BCUT2D eigenvalue weighted by atomic mass is 16.6. The van der Waals surface area contributed by atoms with Gasteiger partial charge in [-0.2, -0.15) is 0 Å². The van der Waals surface area contributed by atoms with Crippen molar-refractivity contribution in [1.29, 1.82) is 0 Å². The van der Waals surface area contributed by atoms with Gasteiger partial charge in [0.15, 0.2) is 6.10 Å². The Morgan fingerprint density at radius 3 is 0.699 bits per heavy atom. The molecule has 1 atom stereocenters. The van der Waals surface area contributed by atoms with Crippen LogP contribution in [0.15, 0.2) is 60.8 Å². The number of carbonyl (C=O) groups is 3. The van der Waals surface area contributed by atoms with E-state index in [1.165, 1.54) is 257 Å². The Labute approximate surface area is 517 Å². The highest BCUT2D eigenvalue weighted by Crippen LogP contribution is 2.18. The quantitative estimate of drug-likeness (QED) is 0.0261. The lowest BCUT2D eigenvalue weighted by atomic mass is 10.0. The largest absolute Gasteiger partial charge is 0.462 e. The van der Waals surface area contributed by atoms with Gasteiger partial charge in [0.2, 0.25) is 0 Å². The average molecular weight is 1160 g/mol. The van der Waals surface area contributed by atoms with Crippen molar-refractivity contribution in [2.75, 3.05) is 13.2 Å². The van der Waals surface area contributed by atoms with Gasteiger partial charge in [0.1, 0.15) is 13.2 Å². The van der Waals surface area contributed by atoms with Crippen molar-refractivity contribution in [3.63, 3.8) is 0 Å². The molecule has 0 amide bonds. The number of hydrogen-bond acceptors (Lipinski definition) is 6. The van der Waals surface area contributed by atoms with Crippen molar-refractivity contribution in [2.24, 2.45) is 0 Å². The van der Waals surface area contributed by atoms with Crippen LogP contribution >= 0.6 is 0 Å². The summed E-state index contributed by atoms with van der Waals surface area (Å²) in [6.45, 7) is 6.65. The van der Waals surface area contributed by atoms with E-state index in [9.17, 15) is 14.4 Å². The third kappa shape index (κ3) is 69.8. The number of allylic oxidation sites excluding steroid dienone is 10. The van der Waals surface area contributed by atoms with Crippen LogP contribution in [0.1, 0.15) is 393 Å². The number of rotatable bonds is 68. The van der Waals surface area contributed by atoms with Crippen molar-refractivity contribution < 1.29 is 28.6 Å². The summed E-state index contributed by atoms with van der Waals surface area (Å²) in [5, 5.41) is 0. The SMILES string of the molecule is CCCCC/C=C\C/C=C\CCCCCCCC(=O)OCC(COC(=O)CCCCCCCCCCCCCCCCCCCCCCCCCCCCC)OC(=O)CCCCCCCCCC/C=C\C/C=C\C/C=C\CCCCCCC. The van der Waals surface area contributed by atoms with Crippen LogP contribution in [0, 0.1) is 0 Å². The molecule has 0 saturated heterocycles. The van der Waals surface area contributed by atoms with Crippen molar-refractivity contribution in [1.82, 2.24) is 0 Å². The molecule has 6 nitrogen and oxygen atoms in total. The Morgan fingerprint density at radius 1 is 0.241 bits per heavy atom. The lowest BCUT2D eigenvalue weighted by molar-refractivity contribution is -0.167. The fourth-order valence-corrected chi connectivity index (χ4v) is 11.0. The lowest BCUT2D eigenvalue weighted by Crippen LogP contribution is -2.30.